The lowest BCUT2D eigenvalue weighted by molar-refractivity contribution is -0.385. The first-order valence-corrected chi connectivity index (χ1v) is 6.25. The molecule has 2 aromatic rings. The average Bonchev–Trinajstić information content (AvgIpc) is 2.86. The molecule has 0 radical (unpaired) electrons. The Morgan fingerprint density at radius 2 is 2.11 bits per heavy atom. The normalized spacial score (nSPS) is 12.3. The number of benzene rings is 1. The maximum atomic E-state index is 10.9. The van der Waals surface area contributed by atoms with Crippen LogP contribution in [0.4, 0.5) is 5.69 Å². The molecule has 1 heterocycles. The molecule has 0 bridgehead atoms. The molecule has 5 heteroatoms. The van der Waals surface area contributed by atoms with Gasteiger partial charge in [-0.1, -0.05) is 25.1 Å². The van der Waals surface area contributed by atoms with Gasteiger partial charge in [0.05, 0.1) is 11.5 Å². The Hall–Kier alpha value is -2.14. The van der Waals surface area contributed by atoms with Crippen molar-refractivity contribution < 1.29 is 4.92 Å². The molecule has 1 aromatic heterocycles. The highest BCUT2D eigenvalue weighted by Gasteiger charge is 2.13. The molecule has 19 heavy (non-hydrogen) atoms. The van der Waals surface area contributed by atoms with Crippen molar-refractivity contribution >= 4 is 5.69 Å². The lowest BCUT2D eigenvalue weighted by Gasteiger charge is -2.06. The third-order valence-corrected chi connectivity index (χ3v) is 3.18. The fourth-order valence-electron chi connectivity index (χ4n) is 2.03. The lowest BCUT2D eigenvalue weighted by atomic mass is 10.1. The number of nitrogens with zero attached hydrogens (tertiary/aromatic N) is 2. The van der Waals surface area contributed by atoms with Crippen LogP contribution in [-0.2, 0) is 6.54 Å². The molecular formula is C14H17N3O2. The summed E-state index contributed by atoms with van der Waals surface area (Å²) < 4.78 is 1.92. The quantitative estimate of drug-likeness (QED) is 0.662. The second-order valence-corrected chi connectivity index (χ2v) is 4.52. The van der Waals surface area contributed by atoms with Crippen LogP contribution in [0.1, 0.15) is 30.5 Å². The summed E-state index contributed by atoms with van der Waals surface area (Å²) in [6.45, 7) is 2.51. The highest BCUT2D eigenvalue weighted by Crippen LogP contribution is 2.20. The molecule has 100 valence electrons. The number of nitro groups is 1. The molecule has 2 rings (SSSR count). The van der Waals surface area contributed by atoms with E-state index in [2.05, 4.69) is 0 Å². The summed E-state index contributed by atoms with van der Waals surface area (Å²) in [5.41, 5.74) is 7.86. The van der Waals surface area contributed by atoms with Gasteiger partial charge in [0.1, 0.15) is 0 Å². The van der Waals surface area contributed by atoms with Crippen molar-refractivity contribution in [2.75, 3.05) is 0 Å². The van der Waals surface area contributed by atoms with Crippen LogP contribution in [0.5, 0.6) is 0 Å². The maximum Gasteiger partial charge on any atom is 0.274 e. The third kappa shape index (κ3) is 3.00. The number of para-hydroxylation sites is 1. The van der Waals surface area contributed by atoms with Crippen LogP contribution < -0.4 is 5.73 Å². The van der Waals surface area contributed by atoms with Crippen LogP contribution in [0.15, 0.2) is 42.7 Å². The van der Waals surface area contributed by atoms with Gasteiger partial charge < -0.3 is 10.3 Å². The molecule has 1 atom stereocenters. The van der Waals surface area contributed by atoms with Crippen LogP contribution in [0.2, 0.25) is 0 Å². The zero-order valence-electron chi connectivity index (χ0n) is 10.8. The molecule has 0 aliphatic carbocycles. The maximum absolute atomic E-state index is 10.9. The monoisotopic (exact) mass is 259 g/mol. The van der Waals surface area contributed by atoms with E-state index in [9.17, 15) is 10.1 Å². The van der Waals surface area contributed by atoms with E-state index in [1.165, 1.54) is 6.07 Å². The first kappa shape index (κ1) is 13.3. The summed E-state index contributed by atoms with van der Waals surface area (Å²) in [5, 5.41) is 10.9. The Bertz CT molecular complexity index is 578. The molecule has 2 N–H and O–H groups in total. The summed E-state index contributed by atoms with van der Waals surface area (Å²) in [6, 6.07) is 8.77. The van der Waals surface area contributed by atoms with Gasteiger partial charge in [-0.25, -0.2) is 0 Å². The van der Waals surface area contributed by atoms with Gasteiger partial charge in [-0.3, -0.25) is 10.1 Å². The van der Waals surface area contributed by atoms with Gasteiger partial charge in [-0.05, 0) is 18.1 Å². The smallest absolute Gasteiger partial charge is 0.274 e. The highest BCUT2D eigenvalue weighted by molar-refractivity contribution is 5.40. The standard InChI is InChI=1S/C14H17N3O2/c1-2-13(15)11-7-8-16(9-11)10-12-5-3-4-6-14(12)17(18)19/h3-9,13H,2,10,15H2,1H3. The Balaban J connectivity index is 2.22. The summed E-state index contributed by atoms with van der Waals surface area (Å²) in [5.74, 6) is 0. The summed E-state index contributed by atoms with van der Waals surface area (Å²) in [6.07, 6.45) is 4.72. The predicted molar refractivity (Wildman–Crippen MR) is 73.8 cm³/mol. The molecule has 0 saturated heterocycles. The van der Waals surface area contributed by atoms with Crippen molar-refractivity contribution in [2.24, 2.45) is 5.73 Å². The van der Waals surface area contributed by atoms with Crippen LogP contribution in [0, 0.1) is 10.1 Å². The van der Waals surface area contributed by atoms with E-state index in [1.807, 2.05) is 36.0 Å². The van der Waals surface area contributed by atoms with Gasteiger partial charge in [0.15, 0.2) is 0 Å². The molecule has 0 amide bonds. The van der Waals surface area contributed by atoms with Crippen molar-refractivity contribution in [1.29, 1.82) is 0 Å². The van der Waals surface area contributed by atoms with Crippen molar-refractivity contribution in [2.45, 2.75) is 25.9 Å². The van der Waals surface area contributed by atoms with E-state index in [1.54, 1.807) is 12.1 Å². The second kappa shape index (κ2) is 5.67. The van der Waals surface area contributed by atoms with Crippen molar-refractivity contribution in [3.8, 4) is 0 Å². The number of rotatable bonds is 5. The van der Waals surface area contributed by atoms with Crippen LogP contribution in [0.3, 0.4) is 0 Å². The Labute approximate surface area is 111 Å². The molecule has 5 nitrogen and oxygen atoms in total. The molecule has 0 saturated carbocycles. The third-order valence-electron chi connectivity index (χ3n) is 3.18. The predicted octanol–water partition coefficient (Wildman–Crippen LogP) is 2.85. The highest BCUT2D eigenvalue weighted by atomic mass is 16.6. The number of aromatic nitrogens is 1. The number of hydrogen-bond acceptors (Lipinski definition) is 3. The number of nitrogens with two attached hydrogens (primary N) is 1. The van der Waals surface area contributed by atoms with E-state index < -0.39 is 0 Å². The Kier molecular flexibility index (Phi) is 3.97. The Morgan fingerprint density at radius 1 is 1.37 bits per heavy atom. The topological polar surface area (TPSA) is 74.1 Å². The SMILES string of the molecule is CCC(N)c1ccn(Cc2ccccc2[N+](=O)[O-])c1. The summed E-state index contributed by atoms with van der Waals surface area (Å²) in [7, 11) is 0. The van der Waals surface area contributed by atoms with Crippen LogP contribution >= 0.6 is 0 Å². The fraction of sp³-hybridized carbons (Fsp3) is 0.286. The second-order valence-electron chi connectivity index (χ2n) is 4.52. The number of hydrogen-bond donors (Lipinski definition) is 1. The van der Waals surface area contributed by atoms with Crippen LogP contribution in [-0.4, -0.2) is 9.49 Å². The molecule has 0 fully saturated rings. The first-order valence-electron chi connectivity index (χ1n) is 6.25. The van der Waals surface area contributed by atoms with E-state index in [0.717, 1.165) is 12.0 Å². The molecule has 0 spiro atoms. The van der Waals surface area contributed by atoms with Gasteiger partial charge in [0, 0.05) is 30.1 Å². The summed E-state index contributed by atoms with van der Waals surface area (Å²) >= 11 is 0. The van der Waals surface area contributed by atoms with E-state index in [4.69, 9.17) is 5.73 Å². The van der Waals surface area contributed by atoms with Crippen molar-refractivity contribution in [1.82, 2.24) is 4.57 Å². The van der Waals surface area contributed by atoms with E-state index in [-0.39, 0.29) is 16.7 Å². The molecular weight excluding hydrogens is 242 g/mol. The zero-order valence-corrected chi connectivity index (χ0v) is 10.8. The largest absolute Gasteiger partial charge is 0.349 e. The Morgan fingerprint density at radius 3 is 2.79 bits per heavy atom. The average molecular weight is 259 g/mol. The van der Waals surface area contributed by atoms with E-state index in [0.29, 0.717) is 12.1 Å². The minimum atomic E-state index is -0.350. The molecule has 0 aliphatic rings. The van der Waals surface area contributed by atoms with Crippen molar-refractivity contribution in [3.05, 3.63) is 64.0 Å². The van der Waals surface area contributed by atoms with Gasteiger partial charge in [-0.2, -0.15) is 0 Å². The van der Waals surface area contributed by atoms with E-state index >= 15 is 0 Å². The number of nitro benzene ring substituents is 1. The van der Waals surface area contributed by atoms with Gasteiger partial charge in [0.2, 0.25) is 0 Å². The lowest BCUT2D eigenvalue weighted by Crippen LogP contribution is -2.07. The minimum absolute atomic E-state index is 0.0204. The van der Waals surface area contributed by atoms with Gasteiger partial charge in [0.25, 0.3) is 5.69 Å². The first-order chi connectivity index (χ1) is 9.11. The zero-order chi connectivity index (χ0) is 13.8. The molecule has 1 unspecified atom stereocenters. The van der Waals surface area contributed by atoms with Crippen LogP contribution in [0.25, 0.3) is 0 Å². The molecule has 1 aromatic carbocycles. The summed E-state index contributed by atoms with van der Waals surface area (Å²) in [4.78, 5) is 10.6. The van der Waals surface area contributed by atoms with Crippen molar-refractivity contribution in [3.63, 3.8) is 0 Å². The fourth-order valence-corrected chi connectivity index (χ4v) is 2.03. The van der Waals surface area contributed by atoms with Gasteiger partial charge in [-0.15, -0.1) is 0 Å². The molecule has 0 aliphatic heterocycles. The minimum Gasteiger partial charge on any atom is -0.349 e. The van der Waals surface area contributed by atoms with Gasteiger partial charge >= 0.3 is 0 Å².